The van der Waals surface area contributed by atoms with Crippen LogP contribution in [0.5, 0.6) is 0 Å². The molecular weight excluding hydrogens is 184 g/mol. The Morgan fingerprint density at radius 2 is 2.00 bits per heavy atom. The highest BCUT2D eigenvalue weighted by atomic mass is 15.2. The van der Waals surface area contributed by atoms with Crippen LogP contribution in [0.25, 0.3) is 0 Å². The van der Waals surface area contributed by atoms with Gasteiger partial charge in [-0.3, -0.25) is 11.3 Å². The second-order valence-electron chi connectivity index (χ2n) is 5.29. The number of rotatable bonds is 5. The van der Waals surface area contributed by atoms with E-state index >= 15 is 0 Å². The molecule has 1 fully saturated rings. The lowest BCUT2D eigenvalue weighted by Crippen LogP contribution is -2.47. The Morgan fingerprint density at radius 1 is 1.40 bits per heavy atom. The Balaban J connectivity index is 2.74. The van der Waals surface area contributed by atoms with Crippen molar-refractivity contribution in [3.63, 3.8) is 0 Å². The Labute approximate surface area is 94.0 Å². The van der Waals surface area contributed by atoms with Crippen molar-refractivity contribution in [3.05, 3.63) is 0 Å². The fraction of sp³-hybridized carbons (Fsp3) is 0.846. The number of hydrogen-bond acceptors (Lipinski definition) is 2. The highest BCUT2D eigenvalue weighted by molar-refractivity contribution is 5.00. The first-order valence-corrected chi connectivity index (χ1v) is 6.04. The van der Waals surface area contributed by atoms with Crippen molar-refractivity contribution in [1.29, 1.82) is 0 Å². The normalized spacial score (nSPS) is 21.5. The molecular formula is C13H24N2. The van der Waals surface area contributed by atoms with E-state index in [1.807, 2.05) is 0 Å². The van der Waals surface area contributed by atoms with Gasteiger partial charge in [-0.1, -0.05) is 26.7 Å². The number of terminal acetylenes is 1. The molecule has 3 N–H and O–H groups in total. The zero-order valence-electron chi connectivity index (χ0n) is 10.1. The number of nitrogens with one attached hydrogen (secondary N) is 1. The third-order valence-corrected chi connectivity index (χ3v) is 3.68. The van der Waals surface area contributed by atoms with Crippen molar-refractivity contribution in [2.45, 2.75) is 58.4 Å². The quantitative estimate of drug-likeness (QED) is 0.414. The van der Waals surface area contributed by atoms with Crippen LogP contribution in [0.1, 0.15) is 52.4 Å². The van der Waals surface area contributed by atoms with Crippen LogP contribution in [0.2, 0.25) is 0 Å². The lowest BCUT2D eigenvalue weighted by atomic mass is 9.72. The molecule has 0 amide bonds. The molecule has 2 nitrogen and oxygen atoms in total. The molecule has 0 bridgehead atoms. The number of nitrogens with two attached hydrogens (primary N) is 1. The molecule has 0 spiro atoms. The van der Waals surface area contributed by atoms with Gasteiger partial charge in [0.05, 0.1) is 0 Å². The van der Waals surface area contributed by atoms with Gasteiger partial charge in [0.2, 0.25) is 0 Å². The van der Waals surface area contributed by atoms with Crippen LogP contribution < -0.4 is 11.3 Å². The standard InChI is InChI=1S/C13H24N2/c1-4-7-12(15-14)13(10-11(2)3)8-5-6-9-13/h1,11-12,15H,5-10,14H2,2-3H3. The highest BCUT2D eigenvalue weighted by Gasteiger charge is 2.40. The smallest absolute Gasteiger partial charge is 0.0376 e. The van der Waals surface area contributed by atoms with E-state index < -0.39 is 0 Å². The zero-order chi connectivity index (χ0) is 11.3. The zero-order valence-corrected chi connectivity index (χ0v) is 10.1. The van der Waals surface area contributed by atoms with E-state index in [1.165, 1.54) is 32.1 Å². The van der Waals surface area contributed by atoms with Crippen LogP contribution in [0.15, 0.2) is 0 Å². The largest absolute Gasteiger partial charge is 0.271 e. The summed E-state index contributed by atoms with van der Waals surface area (Å²) in [5.41, 5.74) is 3.31. The Bertz CT molecular complexity index is 221. The molecule has 86 valence electrons. The van der Waals surface area contributed by atoms with Crippen molar-refractivity contribution in [2.24, 2.45) is 17.2 Å². The minimum Gasteiger partial charge on any atom is -0.271 e. The monoisotopic (exact) mass is 208 g/mol. The van der Waals surface area contributed by atoms with Gasteiger partial charge >= 0.3 is 0 Å². The molecule has 0 heterocycles. The molecule has 15 heavy (non-hydrogen) atoms. The first kappa shape index (κ1) is 12.5. The van der Waals surface area contributed by atoms with Gasteiger partial charge in [0.1, 0.15) is 0 Å². The maximum atomic E-state index is 5.65. The molecule has 1 rings (SSSR count). The predicted octanol–water partition coefficient (Wildman–Crippen LogP) is 2.45. The predicted molar refractivity (Wildman–Crippen MR) is 64.9 cm³/mol. The Morgan fingerprint density at radius 3 is 2.40 bits per heavy atom. The molecule has 0 aromatic carbocycles. The minimum absolute atomic E-state index is 0.299. The molecule has 1 saturated carbocycles. The molecule has 0 saturated heterocycles. The van der Waals surface area contributed by atoms with E-state index in [4.69, 9.17) is 12.3 Å². The van der Waals surface area contributed by atoms with E-state index in [2.05, 4.69) is 25.2 Å². The maximum Gasteiger partial charge on any atom is 0.0376 e. The summed E-state index contributed by atoms with van der Waals surface area (Å²) in [4.78, 5) is 0. The molecule has 0 aliphatic heterocycles. The molecule has 0 radical (unpaired) electrons. The second-order valence-corrected chi connectivity index (χ2v) is 5.29. The summed E-state index contributed by atoms with van der Waals surface area (Å²) in [5, 5.41) is 0. The van der Waals surface area contributed by atoms with Crippen LogP contribution in [0.4, 0.5) is 0 Å². The lowest BCUT2D eigenvalue weighted by Gasteiger charge is -2.38. The highest BCUT2D eigenvalue weighted by Crippen LogP contribution is 2.46. The lowest BCUT2D eigenvalue weighted by molar-refractivity contribution is 0.157. The van der Waals surface area contributed by atoms with Gasteiger partial charge in [-0.25, -0.2) is 0 Å². The van der Waals surface area contributed by atoms with E-state index in [-0.39, 0.29) is 0 Å². The summed E-state index contributed by atoms with van der Waals surface area (Å²) >= 11 is 0. The summed E-state index contributed by atoms with van der Waals surface area (Å²) in [5.74, 6) is 9.12. The topological polar surface area (TPSA) is 38.0 Å². The van der Waals surface area contributed by atoms with E-state index in [0.717, 1.165) is 12.3 Å². The van der Waals surface area contributed by atoms with Gasteiger partial charge in [-0.15, -0.1) is 12.3 Å². The first-order valence-electron chi connectivity index (χ1n) is 6.04. The summed E-state index contributed by atoms with van der Waals surface area (Å²) in [6.45, 7) is 4.56. The summed E-state index contributed by atoms with van der Waals surface area (Å²) < 4.78 is 0. The molecule has 1 aliphatic rings. The Hall–Kier alpha value is -0.520. The van der Waals surface area contributed by atoms with Crippen LogP contribution in [0.3, 0.4) is 0 Å². The van der Waals surface area contributed by atoms with Crippen molar-refractivity contribution in [2.75, 3.05) is 0 Å². The summed E-state index contributed by atoms with van der Waals surface area (Å²) in [6.07, 6.45) is 12.6. The second kappa shape index (κ2) is 5.53. The number of hydrazine groups is 1. The van der Waals surface area contributed by atoms with Crippen LogP contribution in [-0.4, -0.2) is 6.04 Å². The summed E-state index contributed by atoms with van der Waals surface area (Å²) in [7, 11) is 0. The molecule has 2 heteroatoms. The molecule has 0 aromatic heterocycles. The van der Waals surface area contributed by atoms with Gasteiger partial charge in [0, 0.05) is 12.5 Å². The fourth-order valence-electron chi connectivity index (χ4n) is 3.16. The summed E-state index contributed by atoms with van der Waals surface area (Å²) in [6, 6.07) is 0.299. The molecule has 1 unspecified atom stereocenters. The average Bonchev–Trinajstić information content (AvgIpc) is 2.62. The average molecular weight is 208 g/mol. The van der Waals surface area contributed by atoms with Crippen LogP contribution >= 0.6 is 0 Å². The third kappa shape index (κ3) is 2.96. The van der Waals surface area contributed by atoms with Crippen molar-refractivity contribution in [3.8, 4) is 12.3 Å². The third-order valence-electron chi connectivity index (χ3n) is 3.68. The SMILES string of the molecule is C#CCC(NN)C1(CC(C)C)CCCC1. The molecule has 1 atom stereocenters. The van der Waals surface area contributed by atoms with Gasteiger partial charge in [0.25, 0.3) is 0 Å². The molecule has 1 aliphatic carbocycles. The Kier molecular flexibility index (Phi) is 4.63. The van der Waals surface area contributed by atoms with Gasteiger partial charge in [-0.2, -0.15) is 0 Å². The maximum absolute atomic E-state index is 5.65. The van der Waals surface area contributed by atoms with Gasteiger partial charge in [-0.05, 0) is 30.6 Å². The van der Waals surface area contributed by atoms with E-state index in [1.54, 1.807) is 0 Å². The van der Waals surface area contributed by atoms with Crippen LogP contribution in [0, 0.1) is 23.7 Å². The van der Waals surface area contributed by atoms with Crippen molar-refractivity contribution < 1.29 is 0 Å². The fourth-order valence-corrected chi connectivity index (χ4v) is 3.16. The van der Waals surface area contributed by atoms with Gasteiger partial charge < -0.3 is 0 Å². The van der Waals surface area contributed by atoms with Crippen molar-refractivity contribution >= 4 is 0 Å². The van der Waals surface area contributed by atoms with Crippen LogP contribution in [-0.2, 0) is 0 Å². The number of hydrogen-bond donors (Lipinski definition) is 2. The first-order chi connectivity index (χ1) is 7.14. The molecule has 0 aromatic rings. The van der Waals surface area contributed by atoms with E-state index in [9.17, 15) is 0 Å². The van der Waals surface area contributed by atoms with E-state index in [0.29, 0.717) is 11.5 Å². The minimum atomic E-state index is 0.299. The van der Waals surface area contributed by atoms with Crippen molar-refractivity contribution in [1.82, 2.24) is 5.43 Å². The van der Waals surface area contributed by atoms with Gasteiger partial charge in [0.15, 0.2) is 0 Å².